The second kappa shape index (κ2) is 11.4. The highest BCUT2D eigenvalue weighted by atomic mass is 79.9. The molecular weight excluding hydrogens is 528 g/mol. The molecule has 0 radical (unpaired) electrons. The number of hydrogen-bond donors (Lipinski definition) is 3. The normalized spacial score (nSPS) is 19.9. The predicted octanol–water partition coefficient (Wildman–Crippen LogP) is 1.91. The Morgan fingerprint density at radius 2 is 2.09 bits per heavy atom. The predicted molar refractivity (Wildman–Crippen MR) is 127 cm³/mol. The van der Waals surface area contributed by atoms with Gasteiger partial charge in [-0.1, -0.05) is 19.9 Å². The Hall–Kier alpha value is -2.28. The summed E-state index contributed by atoms with van der Waals surface area (Å²) in [4.78, 5) is 30.6. The van der Waals surface area contributed by atoms with Crippen LogP contribution in [0.4, 0.5) is 0 Å². The zero-order valence-electron chi connectivity index (χ0n) is 19.0. The van der Waals surface area contributed by atoms with Crippen LogP contribution in [-0.2, 0) is 14.8 Å². The van der Waals surface area contributed by atoms with Gasteiger partial charge in [0, 0.05) is 12.7 Å². The van der Waals surface area contributed by atoms with E-state index in [4.69, 9.17) is 4.42 Å². The van der Waals surface area contributed by atoms with Gasteiger partial charge in [-0.15, -0.1) is 0 Å². The monoisotopic (exact) mass is 556 g/mol. The number of furan rings is 1. The zero-order valence-corrected chi connectivity index (χ0v) is 21.4. The molecule has 0 aromatic carbocycles. The molecule has 2 unspecified atom stereocenters. The van der Waals surface area contributed by atoms with Crippen molar-refractivity contribution in [3.05, 3.63) is 47.0 Å². The molecule has 3 rings (SSSR count). The Bertz CT molecular complexity index is 1090. The molecule has 1 aliphatic rings. The minimum absolute atomic E-state index is 0.0220. The fourth-order valence-corrected chi connectivity index (χ4v) is 5.78. The lowest BCUT2D eigenvalue weighted by atomic mass is 10.0. The molecule has 3 N–H and O–H groups in total. The van der Waals surface area contributed by atoms with Gasteiger partial charge in [-0.05, 0) is 71.9 Å². The first-order valence-electron chi connectivity index (χ1n) is 11.1. The molecule has 2 amide bonds. The van der Waals surface area contributed by atoms with Crippen LogP contribution in [0.3, 0.4) is 0 Å². The lowest BCUT2D eigenvalue weighted by molar-refractivity contribution is -0.132. The van der Waals surface area contributed by atoms with E-state index < -0.39 is 40.0 Å². The summed E-state index contributed by atoms with van der Waals surface area (Å²) in [6.45, 7) is 4.43. The molecule has 1 aliphatic heterocycles. The first-order valence-corrected chi connectivity index (χ1v) is 13.3. The highest BCUT2D eigenvalue weighted by Gasteiger charge is 2.43. The van der Waals surface area contributed by atoms with Crippen LogP contribution in [-0.4, -0.2) is 65.9 Å². The van der Waals surface area contributed by atoms with Gasteiger partial charge in [-0.3, -0.25) is 9.59 Å². The van der Waals surface area contributed by atoms with Crippen molar-refractivity contribution in [2.75, 3.05) is 13.1 Å². The Kier molecular flexibility index (Phi) is 8.85. The van der Waals surface area contributed by atoms with Gasteiger partial charge < -0.3 is 20.2 Å². The molecule has 0 saturated carbocycles. The average Bonchev–Trinajstić information content (AvgIpc) is 3.13. The second-order valence-corrected chi connectivity index (χ2v) is 11.1. The topological polar surface area (TPSA) is 142 Å². The first-order chi connectivity index (χ1) is 16.1. The number of nitrogens with zero attached hydrogens (tertiary/aromatic N) is 2. The molecule has 186 valence electrons. The lowest BCUT2D eigenvalue weighted by Crippen LogP contribution is -2.57. The fourth-order valence-electron chi connectivity index (χ4n) is 3.86. The van der Waals surface area contributed by atoms with Crippen molar-refractivity contribution in [2.45, 2.75) is 56.3 Å². The number of pyridine rings is 1. The fraction of sp³-hybridized carbons (Fsp3) is 0.500. The molecule has 12 heteroatoms. The zero-order chi connectivity index (χ0) is 24.9. The number of rotatable bonds is 8. The van der Waals surface area contributed by atoms with E-state index in [-0.39, 0.29) is 36.1 Å². The number of sulfonamides is 1. The molecule has 0 bridgehead atoms. The maximum Gasteiger partial charge on any atom is 0.287 e. The molecule has 3 heterocycles. The number of nitrogens with one attached hydrogen (secondary N) is 2. The SMILES string of the molecule is CC(C)CC(NC(=O)c1ccc(Br)o1)C(=O)N(C1CCCNC[C@@H]1O)S(=O)(=O)c1ccccn1. The summed E-state index contributed by atoms with van der Waals surface area (Å²) in [5.41, 5.74) is 0. The Labute approximate surface area is 207 Å². The van der Waals surface area contributed by atoms with E-state index in [0.717, 1.165) is 4.31 Å². The van der Waals surface area contributed by atoms with Crippen molar-refractivity contribution in [2.24, 2.45) is 5.92 Å². The third-order valence-corrected chi connectivity index (χ3v) is 7.60. The van der Waals surface area contributed by atoms with Crippen molar-refractivity contribution in [1.82, 2.24) is 19.9 Å². The highest BCUT2D eigenvalue weighted by Crippen LogP contribution is 2.25. The minimum Gasteiger partial charge on any atom is -0.444 e. The van der Waals surface area contributed by atoms with Gasteiger partial charge >= 0.3 is 0 Å². The van der Waals surface area contributed by atoms with Gasteiger partial charge in [0.15, 0.2) is 15.5 Å². The number of aliphatic hydroxyl groups excluding tert-OH is 1. The third-order valence-electron chi connectivity index (χ3n) is 5.44. The Morgan fingerprint density at radius 3 is 2.71 bits per heavy atom. The van der Waals surface area contributed by atoms with Crippen molar-refractivity contribution in [3.63, 3.8) is 0 Å². The number of carbonyl (C=O) groups is 2. The summed E-state index contributed by atoms with van der Waals surface area (Å²) in [7, 11) is -4.42. The van der Waals surface area contributed by atoms with Crippen LogP contribution in [0.1, 0.15) is 43.7 Å². The van der Waals surface area contributed by atoms with Gasteiger partial charge in [-0.2, -0.15) is 8.42 Å². The average molecular weight is 557 g/mol. The number of aromatic nitrogens is 1. The van der Waals surface area contributed by atoms with Gasteiger partial charge in [-0.25, -0.2) is 9.29 Å². The van der Waals surface area contributed by atoms with Crippen molar-refractivity contribution in [3.8, 4) is 0 Å². The van der Waals surface area contributed by atoms with Gasteiger partial charge in [0.25, 0.3) is 21.8 Å². The molecular formula is C22H29BrN4O6S. The number of amides is 2. The molecule has 0 aliphatic carbocycles. The van der Waals surface area contributed by atoms with Gasteiger partial charge in [0.05, 0.1) is 12.1 Å². The number of halogens is 1. The van der Waals surface area contributed by atoms with E-state index in [1.54, 1.807) is 12.1 Å². The number of aliphatic hydroxyl groups is 1. The molecule has 0 spiro atoms. The minimum atomic E-state index is -4.42. The molecule has 1 saturated heterocycles. The third kappa shape index (κ3) is 6.23. The van der Waals surface area contributed by atoms with Crippen LogP contribution in [0, 0.1) is 5.92 Å². The quantitative estimate of drug-likeness (QED) is 0.447. The summed E-state index contributed by atoms with van der Waals surface area (Å²) >= 11 is 3.14. The smallest absolute Gasteiger partial charge is 0.287 e. The molecule has 34 heavy (non-hydrogen) atoms. The number of hydrogen-bond acceptors (Lipinski definition) is 8. The van der Waals surface area contributed by atoms with Gasteiger partial charge in [0.2, 0.25) is 0 Å². The maximum absolute atomic E-state index is 13.9. The summed E-state index contributed by atoms with van der Waals surface area (Å²) in [6, 6.07) is 5.18. The molecule has 2 aromatic rings. The molecule has 10 nitrogen and oxygen atoms in total. The van der Waals surface area contributed by atoms with Crippen molar-refractivity contribution < 1.29 is 27.5 Å². The van der Waals surface area contributed by atoms with Crippen LogP contribution in [0.2, 0.25) is 0 Å². The van der Waals surface area contributed by atoms with E-state index in [9.17, 15) is 23.1 Å². The van der Waals surface area contributed by atoms with Crippen LogP contribution >= 0.6 is 15.9 Å². The van der Waals surface area contributed by atoms with E-state index in [1.165, 1.54) is 24.4 Å². The van der Waals surface area contributed by atoms with E-state index >= 15 is 0 Å². The van der Waals surface area contributed by atoms with Crippen LogP contribution in [0.15, 0.2) is 50.6 Å². The second-order valence-electron chi connectivity index (χ2n) is 8.55. The summed E-state index contributed by atoms with van der Waals surface area (Å²) in [6.07, 6.45) is 1.20. The summed E-state index contributed by atoms with van der Waals surface area (Å²) in [5, 5.41) is 16.1. The van der Waals surface area contributed by atoms with Crippen LogP contribution < -0.4 is 10.6 Å². The number of carbonyl (C=O) groups excluding carboxylic acids is 2. The van der Waals surface area contributed by atoms with Gasteiger partial charge in [0.1, 0.15) is 6.04 Å². The van der Waals surface area contributed by atoms with E-state index in [0.29, 0.717) is 17.6 Å². The van der Waals surface area contributed by atoms with E-state index in [1.807, 2.05) is 13.8 Å². The largest absolute Gasteiger partial charge is 0.444 e. The van der Waals surface area contributed by atoms with Crippen molar-refractivity contribution in [1.29, 1.82) is 0 Å². The standard InChI is InChI=1S/C22H29BrN4O6S/c1-14(2)12-15(26-21(29)18-8-9-19(23)33-18)22(30)27(16-6-5-10-24-13-17(16)28)34(31,32)20-7-3-4-11-25-20/h3-4,7-9,11,14-17,24,28H,5-6,10,12-13H2,1-2H3,(H,26,29)/t15?,16?,17-/m0/s1. The summed E-state index contributed by atoms with van der Waals surface area (Å²) in [5.74, 6) is -1.55. The Balaban J connectivity index is 2.02. The van der Waals surface area contributed by atoms with Crippen LogP contribution in [0.25, 0.3) is 0 Å². The lowest BCUT2D eigenvalue weighted by Gasteiger charge is -2.35. The highest BCUT2D eigenvalue weighted by molar-refractivity contribution is 9.10. The molecule has 2 aromatic heterocycles. The van der Waals surface area contributed by atoms with Crippen molar-refractivity contribution >= 4 is 37.8 Å². The van der Waals surface area contributed by atoms with E-state index in [2.05, 4.69) is 31.5 Å². The van der Waals surface area contributed by atoms with Crippen LogP contribution in [0.5, 0.6) is 0 Å². The maximum atomic E-state index is 13.9. The first kappa shape index (κ1) is 26.3. The molecule has 1 fully saturated rings. The Morgan fingerprint density at radius 1 is 1.32 bits per heavy atom. The number of β-amino-alcohol motifs (C(OH)–C–C–N with tert-alkyl or cyclic N) is 1. The molecule has 3 atom stereocenters. The summed E-state index contributed by atoms with van der Waals surface area (Å²) < 4.78 is 33.7.